The Balaban J connectivity index is 3.24. The summed E-state index contributed by atoms with van der Waals surface area (Å²) >= 11 is 5.68. The van der Waals surface area contributed by atoms with Crippen molar-refractivity contribution in [1.82, 2.24) is 0 Å². The van der Waals surface area contributed by atoms with E-state index in [0.29, 0.717) is 0 Å². The third-order valence-electron chi connectivity index (χ3n) is 1.88. The average molecular weight is 234 g/mol. The van der Waals surface area contributed by atoms with E-state index in [-0.39, 0.29) is 10.6 Å². The molecule has 0 spiro atoms. The van der Waals surface area contributed by atoms with Crippen LogP contribution in [0.4, 0.5) is 4.39 Å². The van der Waals surface area contributed by atoms with Crippen molar-refractivity contribution in [3.8, 4) is 5.75 Å². The SMILES string of the molecule is COC(=O)[C@H](N)c1c(Cl)ccc(F)c1O. The van der Waals surface area contributed by atoms with Crippen LogP contribution in [0, 0.1) is 5.82 Å². The van der Waals surface area contributed by atoms with E-state index >= 15 is 0 Å². The highest BCUT2D eigenvalue weighted by Crippen LogP contribution is 2.32. The van der Waals surface area contributed by atoms with Gasteiger partial charge in [-0.25, -0.2) is 4.39 Å². The lowest BCUT2D eigenvalue weighted by Crippen LogP contribution is -2.23. The predicted octanol–water partition coefficient (Wildman–Crippen LogP) is 1.36. The molecule has 1 rings (SSSR count). The van der Waals surface area contributed by atoms with Crippen LogP contribution in [0.1, 0.15) is 11.6 Å². The maximum absolute atomic E-state index is 13.0. The molecule has 0 saturated heterocycles. The minimum Gasteiger partial charge on any atom is -0.505 e. The first-order valence-corrected chi connectivity index (χ1v) is 4.37. The molecular formula is C9H9ClFNO3. The molecule has 1 atom stereocenters. The number of carbonyl (C=O) groups is 1. The Morgan fingerprint density at radius 1 is 1.67 bits per heavy atom. The number of halogens is 2. The number of esters is 1. The van der Waals surface area contributed by atoms with Crippen LogP contribution in [0.2, 0.25) is 5.02 Å². The lowest BCUT2D eigenvalue weighted by Gasteiger charge is -2.13. The van der Waals surface area contributed by atoms with Gasteiger partial charge in [0, 0.05) is 10.6 Å². The van der Waals surface area contributed by atoms with Crippen molar-refractivity contribution in [3.05, 3.63) is 28.5 Å². The first kappa shape index (κ1) is 11.7. The van der Waals surface area contributed by atoms with Gasteiger partial charge in [0.2, 0.25) is 0 Å². The number of nitrogens with two attached hydrogens (primary N) is 1. The Bertz CT molecular complexity index is 397. The number of benzene rings is 1. The fourth-order valence-electron chi connectivity index (χ4n) is 1.10. The number of aromatic hydroxyl groups is 1. The summed E-state index contributed by atoms with van der Waals surface area (Å²) in [7, 11) is 1.13. The van der Waals surface area contributed by atoms with Crippen LogP contribution in [-0.2, 0) is 9.53 Å². The van der Waals surface area contributed by atoms with Crippen molar-refractivity contribution in [3.63, 3.8) is 0 Å². The molecule has 0 radical (unpaired) electrons. The molecule has 6 heteroatoms. The van der Waals surface area contributed by atoms with Gasteiger partial charge in [-0.2, -0.15) is 0 Å². The van der Waals surface area contributed by atoms with Gasteiger partial charge in [-0.05, 0) is 12.1 Å². The van der Waals surface area contributed by atoms with Crippen molar-refractivity contribution in [2.45, 2.75) is 6.04 Å². The molecule has 0 aliphatic carbocycles. The van der Waals surface area contributed by atoms with Crippen molar-refractivity contribution in [2.24, 2.45) is 5.73 Å². The second-order valence-electron chi connectivity index (χ2n) is 2.79. The van der Waals surface area contributed by atoms with E-state index in [9.17, 15) is 14.3 Å². The minimum absolute atomic E-state index is 0.00630. The quantitative estimate of drug-likeness (QED) is 0.757. The first-order valence-electron chi connectivity index (χ1n) is 3.99. The van der Waals surface area contributed by atoms with Crippen LogP contribution in [0.3, 0.4) is 0 Å². The summed E-state index contributed by atoms with van der Waals surface area (Å²) in [6.07, 6.45) is 0. The zero-order valence-corrected chi connectivity index (χ0v) is 8.58. The number of carbonyl (C=O) groups excluding carboxylic acids is 1. The lowest BCUT2D eigenvalue weighted by atomic mass is 10.1. The van der Waals surface area contributed by atoms with Gasteiger partial charge < -0.3 is 15.6 Å². The van der Waals surface area contributed by atoms with Crippen LogP contribution in [-0.4, -0.2) is 18.2 Å². The molecule has 15 heavy (non-hydrogen) atoms. The van der Waals surface area contributed by atoms with Gasteiger partial charge in [0.15, 0.2) is 11.6 Å². The van der Waals surface area contributed by atoms with Gasteiger partial charge >= 0.3 is 5.97 Å². The topological polar surface area (TPSA) is 72.5 Å². The molecule has 0 amide bonds. The number of ether oxygens (including phenoxy) is 1. The van der Waals surface area contributed by atoms with E-state index in [1.165, 1.54) is 6.07 Å². The van der Waals surface area contributed by atoms with Gasteiger partial charge in [-0.1, -0.05) is 11.6 Å². The number of hydrogen-bond donors (Lipinski definition) is 2. The van der Waals surface area contributed by atoms with E-state index in [0.717, 1.165) is 13.2 Å². The van der Waals surface area contributed by atoms with Crippen LogP contribution < -0.4 is 5.73 Å². The molecule has 82 valence electrons. The van der Waals surface area contributed by atoms with Gasteiger partial charge in [0.05, 0.1) is 7.11 Å². The zero-order valence-electron chi connectivity index (χ0n) is 7.83. The average Bonchev–Trinajstić information content (AvgIpc) is 2.22. The van der Waals surface area contributed by atoms with E-state index in [4.69, 9.17) is 17.3 Å². The fourth-order valence-corrected chi connectivity index (χ4v) is 1.37. The Hall–Kier alpha value is -1.33. The predicted molar refractivity (Wildman–Crippen MR) is 52.0 cm³/mol. The van der Waals surface area contributed by atoms with E-state index in [2.05, 4.69) is 4.74 Å². The van der Waals surface area contributed by atoms with Gasteiger partial charge in [-0.15, -0.1) is 0 Å². The highest BCUT2D eigenvalue weighted by molar-refractivity contribution is 6.31. The minimum atomic E-state index is -1.31. The largest absolute Gasteiger partial charge is 0.505 e. The van der Waals surface area contributed by atoms with E-state index in [1.807, 2.05) is 0 Å². The molecule has 3 N–H and O–H groups in total. The number of phenols is 1. The molecule has 0 aromatic heterocycles. The maximum Gasteiger partial charge on any atom is 0.327 e. The summed E-state index contributed by atoms with van der Waals surface area (Å²) in [5.74, 6) is -2.44. The highest BCUT2D eigenvalue weighted by Gasteiger charge is 2.24. The molecule has 0 saturated carbocycles. The van der Waals surface area contributed by atoms with Gasteiger partial charge in [-0.3, -0.25) is 4.79 Å². The summed E-state index contributed by atoms with van der Waals surface area (Å²) in [6.45, 7) is 0. The number of rotatable bonds is 2. The van der Waals surface area contributed by atoms with Crippen LogP contribution in [0.5, 0.6) is 5.75 Å². The zero-order chi connectivity index (χ0) is 11.6. The van der Waals surface area contributed by atoms with Crippen LogP contribution in [0.15, 0.2) is 12.1 Å². The summed E-state index contributed by atoms with van der Waals surface area (Å²) in [5, 5.41) is 9.35. The molecule has 1 aromatic carbocycles. The molecular weight excluding hydrogens is 225 g/mol. The van der Waals surface area contributed by atoms with Crippen LogP contribution >= 0.6 is 11.6 Å². The molecule has 0 aliphatic heterocycles. The Morgan fingerprint density at radius 3 is 2.80 bits per heavy atom. The molecule has 0 unspecified atom stereocenters. The monoisotopic (exact) mass is 233 g/mol. The Kier molecular flexibility index (Phi) is 3.49. The lowest BCUT2D eigenvalue weighted by molar-refractivity contribution is -0.142. The molecule has 0 heterocycles. The van der Waals surface area contributed by atoms with Crippen molar-refractivity contribution in [2.75, 3.05) is 7.11 Å². The van der Waals surface area contributed by atoms with Crippen molar-refractivity contribution >= 4 is 17.6 Å². The molecule has 1 aromatic rings. The second-order valence-corrected chi connectivity index (χ2v) is 3.20. The fraction of sp³-hybridized carbons (Fsp3) is 0.222. The smallest absolute Gasteiger partial charge is 0.327 e. The Morgan fingerprint density at radius 2 is 2.27 bits per heavy atom. The number of methoxy groups -OCH3 is 1. The van der Waals surface area contributed by atoms with Gasteiger partial charge in [0.1, 0.15) is 6.04 Å². The summed E-state index contributed by atoms with van der Waals surface area (Å²) in [6, 6.07) is 0.873. The molecule has 0 bridgehead atoms. The van der Waals surface area contributed by atoms with Crippen molar-refractivity contribution in [1.29, 1.82) is 0 Å². The summed E-state index contributed by atoms with van der Waals surface area (Å²) in [5.41, 5.74) is 5.26. The van der Waals surface area contributed by atoms with Crippen molar-refractivity contribution < 1.29 is 19.0 Å². The Labute approximate surface area is 90.4 Å². The number of phenolic OH excluding ortho intramolecular Hbond substituents is 1. The highest BCUT2D eigenvalue weighted by atomic mass is 35.5. The maximum atomic E-state index is 13.0. The first-order chi connectivity index (χ1) is 6.99. The number of hydrogen-bond acceptors (Lipinski definition) is 4. The van der Waals surface area contributed by atoms with E-state index in [1.54, 1.807) is 0 Å². The summed E-state index contributed by atoms with van der Waals surface area (Å²) < 4.78 is 17.3. The standard InChI is InChI=1S/C9H9ClFNO3/c1-15-9(14)7(12)6-4(10)2-3-5(11)8(6)13/h2-3,7,13H,12H2,1H3/t7-/m1/s1. The molecule has 0 aliphatic rings. The third-order valence-corrected chi connectivity index (χ3v) is 2.21. The normalized spacial score (nSPS) is 12.3. The molecule has 0 fully saturated rings. The third kappa shape index (κ3) is 2.19. The second kappa shape index (κ2) is 4.46. The van der Waals surface area contributed by atoms with E-state index < -0.39 is 23.6 Å². The summed E-state index contributed by atoms with van der Waals surface area (Å²) in [4.78, 5) is 11.1. The molecule has 4 nitrogen and oxygen atoms in total. The van der Waals surface area contributed by atoms with Gasteiger partial charge in [0.25, 0.3) is 0 Å². The van der Waals surface area contributed by atoms with Crippen LogP contribution in [0.25, 0.3) is 0 Å².